The molecule has 0 aromatic rings. The van der Waals surface area contributed by atoms with Crippen molar-refractivity contribution in [3.8, 4) is 0 Å². The lowest BCUT2D eigenvalue weighted by Crippen LogP contribution is -2.48. The number of hydrogen-bond donors (Lipinski definition) is 1. The molecule has 1 saturated heterocycles. The van der Waals surface area contributed by atoms with Gasteiger partial charge >= 0.3 is 0 Å². The fraction of sp³-hybridized carbons (Fsp3) is 1.00. The second kappa shape index (κ2) is 3.99. The van der Waals surface area contributed by atoms with Gasteiger partial charge in [-0.25, -0.2) is 0 Å². The van der Waals surface area contributed by atoms with Crippen LogP contribution in [0, 0.1) is 17.3 Å². The summed E-state index contributed by atoms with van der Waals surface area (Å²) in [6, 6.07) is 0.757. The third-order valence-corrected chi connectivity index (χ3v) is 5.23. The molecule has 2 nitrogen and oxygen atoms in total. The van der Waals surface area contributed by atoms with Gasteiger partial charge in [-0.2, -0.15) is 0 Å². The molecule has 3 aliphatic rings. The molecule has 0 aromatic carbocycles. The van der Waals surface area contributed by atoms with Crippen LogP contribution in [0.15, 0.2) is 0 Å². The first kappa shape index (κ1) is 11.0. The Hall–Kier alpha value is -0.0800. The zero-order valence-electron chi connectivity index (χ0n) is 10.8. The average molecular weight is 222 g/mol. The second-order valence-electron chi connectivity index (χ2n) is 6.53. The lowest BCUT2D eigenvalue weighted by Gasteiger charge is -2.38. The van der Waals surface area contributed by atoms with Crippen LogP contribution < -0.4 is 5.32 Å². The highest BCUT2D eigenvalue weighted by atomic mass is 15.2. The molecule has 2 atom stereocenters. The zero-order valence-corrected chi connectivity index (χ0v) is 10.8. The maximum absolute atomic E-state index is 3.46. The summed E-state index contributed by atoms with van der Waals surface area (Å²) in [4.78, 5) is 2.75. The molecule has 3 fully saturated rings. The molecular weight excluding hydrogens is 196 g/mol. The van der Waals surface area contributed by atoms with E-state index in [0.717, 1.165) is 23.3 Å². The first-order valence-electron chi connectivity index (χ1n) is 7.13. The minimum Gasteiger partial charge on any atom is -0.317 e. The Morgan fingerprint density at radius 1 is 1.25 bits per heavy atom. The van der Waals surface area contributed by atoms with Gasteiger partial charge < -0.3 is 10.2 Å². The number of piperidine rings is 1. The Bertz CT molecular complexity index is 255. The van der Waals surface area contributed by atoms with Crippen molar-refractivity contribution in [3.05, 3.63) is 0 Å². The molecule has 0 aromatic heterocycles. The first-order chi connectivity index (χ1) is 7.73. The highest BCUT2D eigenvalue weighted by Gasteiger charge is 2.54. The summed E-state index contributed by atoms with van der Waals surface area (Å²) >= 11 is 0. The lowest BCUT2D eigenvalue weighted by molar-refractivity contribution is 0.120. The minimum absolute atomic E-state index is 0.757. The van der Waals surface area contributed by atoms with Crippen LogP contribution in [0.5, 0.6) is 0 Å². The smallest absolute Gasteiger partial charge is 0.0114 e. The molecule has 0 amide bonds. The summed E-state index contributed by atoms with van der Waals surface area (Å²) in [5.74, 6) is 1.94. The standard InChI is InChI=1S/C14H26N2/c1-11-9-16(8-5-13(11)15-2)10-14(6-7-14)12-3-4-12/h11-13,15H,3-10H2,1-2H3. The van der Waals surface area contributed by atoms with Gasteiger partial charge in [0.05, 0.1) is 0 Å². The van der Waals surface area contributed by atoms with Crippen molar-refractivity contribution >= 4 is 0 Å². The molecule has 16 heavy (non-hydrogen) atoms. The molecule has 92 valence electrons. The van der Waals surface area contributed by atoms with Crippen LogP contribution in [0.1, 0.15) is 39.0 Å². The topological polar surface area (TPSA) is 15.3 Å². The Morgan fingerprint density at radius 3 is 2.50 bits per heavy atom. The van der Waals surface area contributed by atoms with Gasteiger partial charge in [-0.05, 0) is 62.9 Å². The van der Waals surface area contributed by atoms with E-state index in [2.05, 4.69) is 24.2 Å². The van der Waals surface area contributed by atoms with Gasteiger partial charge in [0.1, 0.15) is 0 Å². The largest absolute Gasteiger partial charge is 0.317 e. The van der Waals surface area contributed by atoms with Gasteiger partial charge in [0.25, 0.3) is 0 Å². The Kier molecular flexibility index (Phi) is 2.75. The van der Waals surface area contributed by atoms with Crippen molar-refractivity contribution in [2.45, 2.75) is 45.1 Å². The van der Waals surface area contributed by atoms with Crippen LogP contribution in [-0.2, 0) is 0 Å². The third-order valence-electron chi connectivity index (χ3n) is 5.23. The van der Waals surface area contributed by atoms with Crippen LogP contribution in [0.25, 0.3) is 0 Å². The zero-order chi connectivity index (χ0) is 11.2. The van der Waals surface area contributed by atoms with Crippen LogP contribution in [0.4, 0.5) is 0 Å². The van der Waals surface area contributed by atoms with E-state index in [1.807, 2.05) is 0 Å². The molecule has 2 unspecified atom stereocenters. The molecule has 1 heterocycles. The number of hydrogen-bond acceptors (Lipinski definition) is 2. The summed E-state index contributed by atoms with van der Waals surface area (Å²) in [5.41, 5.74) is 0.798. The van der Waals surface area contributed by atoms with Crippen LogP contribution in [0.2, 0.25) is 0 Å². The van der Waals surface area contributed by atoms with E-state index in [9.17, 15) is 0 Å². The predicted octanol–water partition coefficient (Wildman–Crippen LogP) is 2.11. The molecule has 1 aliphatic heterocycles. The minimum atomic E-state index is 0.757. The van der Waals surface area contributed by atoms with Crippen molar-refractivity contribution in [2.75, 3.05) is 26.7 Å². The van der Waals surface area contributed by atoms with E-state index >= 15 is 0 Å². The monoisotopic (exact) mass is 222 g/mol. The third kappa shape index (κ3) is 2.02. The quantitative estimate of drug-likeness (QED) is 0.784. The molecule has 2 aliphatic carbocycles. The van der Waals surface area contributed by atoms with E-state index in [4.69, 9.17) is 0 Å². The molecule has 1 N–H and O–H groups in total. The van der Waals surface area contributed by atoms with Gasteiger partial charge in [-0.1, -0.05) is 6.92 Å². The van der Waals surface area contributed by atoms with E-state index in [1.54, 1.807) is 0 Å². The van der Waals surface area contributed by atoms with E-state index in [0.29, 0.717) is 0 Å². The SMILES string of the molecule is CNC1CCN(CC2(C3CC3)CC2)CC1C. The summed E-state index contributed by atoms with van der Waals surface area (Å²) in [6.45, 7) is 6.47. The van der Waals surface area contributed by atoms with Gasteiger partial charge in [0, 0.05) is 19.1 Å². The van der Waals surface area contributed by atoms with Crippen molar-refractivity contribution in [3.63, 3.8) is 0 Å². The van der Waals surface area contributed by atoms with E-state index in [-0.39, 0.29) is 0 Å². The number of likely N-dealkylation sites (tertiary alicyclic amines) is 1. The summed E-state index contributed by atoms with van der Waals surface area (Å²) in [6.07, 6.45) is 7.46. The molecule has 2 saturated carbocycles. The Balaban J connectivity index is 1.53. The van der Waals surface area contributed by atoms with Crippen molar-refractivity contribution in [1.82, 2.24) is 10.2 Å². The van der Waals surface area contributed by atoms with Crippen molar-refractivity contribution < 1.29 is 0 Å². The normalized spacial score (nSPS) is 38.6. The number of nitrogens with one attached hydrogen (secondary N) is 1. The molecule has 0 radical (unpaired) electrons. The van der Waals surface area contributed by atoms with Gasteiger partial charge in [-0.15, -0.1) is 0 Å². The van der Waals surface area contributed by atoms with E-state index in [1.165, 1.54) is 51.7 Å². The maximum atomic E-state index is 3.46. The van der Waals surface area contributed by atoms with Gasteiger partial charge in [0.15, 0.2) is 0 Å². The fourth-order valence-corrected chi connectivity index (χ4v) is 3.80. The average Bonchev–Trinajstić information content (AvgIpc) is 3.12. The van der Waals surface area contributed by atoms with Gasteiger partial charge in [0.2, 0.25) is 0 Å². The van der Waals surface area contributed by atoms with Crippen LogP contribution in [-0.4, -0.2) is 37.6 Å². The molecule has 3 rings (SSSR count). The Morgan fingerprint density at radius 2 is 2.00 bits per heavy atom. The highest BCUT2D eigenvalue weighted by Crippen LogP contribution is 2.61. The number of nitrogens with zero attached hydrogens (tertiary/aromatic N) is 1. The van der Waals surface area contributed by atoms with Crippen molar-refractivity contribution in [1.29, 1.82) is 0 Å². The highest BCUT2D eigenvalue weighted by molar-refractivity contribution is 5.06. The number of rotatable bonds is 4. The summed E-state index contributed by atoms with van der Waals surface area (Å²) in [5, 5.41) is 3.46. The van der Waals surface area contributed by atoms with E-state index < -0.39 is 0 Å². The first-order valence-corrected chi connectivity index (χ1v) is 7.13. The second-order valence-corrected chi connectivity index (χ2v) is 6.53. The molecular formula is C14H26N2. The molecule has 0 spiro atoms. The van der Waals surface area contributed by atoms with Crippen LogP contribution in [0.3, 0.4) is 0 Å². The summed E-state index contributed by atoms with van der Waals surface area (Å²) in [7, 11) is 2.11. The summed E-state index contributed by atoms with van der Waals surface area (Å²) < 4.78 is 0. The maximum Gasteiger partial charge on any atom is 0.0114 e. The van der Waals surface area contributed by atoms with Crippen LogP contribution >= 0.6 is 0 Å². The van der Waals surface area contributed by atoms with Crippen molar-refractivity contribution in [2.24, 2.45) is 17.3 Å². The molecule has 0 bridgehead atoms. The Labute approximate surface area is 99.8 Å². The predicted molar refractivity (Wildman–Crippen MR) is 67.5 cm³/mol. The van der Waals surface area contributed by atoms with Gasteiger partial charge in [-0.3, -0.25) is 0 Å². The fourth-order valence-electron chi connectivity index (χ4n) is 3.80. The molecule has 2 heteroatoms. The lowest BCUT2D eigenvalue weighted by atomic mass is 9.91.